The Morgan fingerprint density at radius 2 is 1.93 bits per heavy atom. The van der Waals surface area contributed by atoms with Crippen molar-refractivity contribution in [3.05, 3.63) is 65.5 Å². The zero-order valence-corrected chi connectivity index (χ0v) is 15.7. The Hall–Kier alpha value is -3.15. The maximum atomic E-state index is 12.4. The minimum Gasteiger partial charge on any atom is -0.481 e. The molecular formula is C21H23N3O3. The van der Waals surface area contributed by atoms with Crippen LogP contribution >= 0.6 is 0 Å². The molecule has 0 aliphatic heterocycles. The smallest absolute Gasteiger partial charge is 0.261 e. The number of hydrogen-bond donors (Lipinski definition) is 1. The van der Waals surface area contributed by atoms with Crippen LogP contribution in [0.2, 0.25) is 0 Å². The van der Waals surface area contributed by atoms with Gasteiger partial charge in [-0.15, -0.1) is 0 Å². The summed E-state index contributed by atoms with van der Waals surface area (Å²) in [7, 11) is 0. The van der Waals surface area contributed by atoms with Crippen LogP contribution in [0.4, 0.5) is 0 Å². The molecule has 2 aromatic carbocycles. The molecule has 1 heterocycles. The second kappa shape index (κ2) is 8.49. The topological polar surface area (TPSA) is 77.2 Å². The van der Waals surface area contributed by atoms with Crippen molar-refractivity contribution in [2.24, 2.45) is 0 Å². The van der Waals surface area contributed by atoms with Gasteiger partial charge in [-0.05, 0) is 38.5 Å². The highest BCUT2D eigenvalue weighted by molar-refractivity contribution is 5.81. The fourth-order valence-electron chi connectivity index (χ4n) is 2.61. The van der Waals surface area contributed by atoms with Gasteiger partial charge >= 0.3 is 0 Å². The summed E-state index contributed by atoms with van der Waals surface area (Å²) in [6.07, 6.45) is -0.0233. The Bertz CT molecular complexity index is 903. The van der Waals surface area contributed by atoms with Gasteiger partial charge < -0.3 is 14.6 Å². The zero-order chi connectivity index (χ0) is 19.2. The molecule has 1 amide bonds. The van der Waals surface area contributed by atoms with Gasteiger partial charge in [0.1, 0.15) is 5.75 Å². The first-order chi connectivity index (χ1) is 13.0. The average Bonchev–Trinajstić information content (AvgIpc) is 3.15. The molecule has 140 valence electrons. The summed E-state index contributed by atoms with van der Waals surface area (Å²) in [4.78, 5) is 16.8. The van der Waals surface area contributed by atoms with Crippen molar-refractivity contribution in [3.8, 4) is 17.1 Å². The largest absolute Gasteiger partial charge is 0.481 e. The average molecular weight is 365 g/mol. The number of benzene rings is 2. The molecule has 1 N–H and O–H groups in total. The third-order valence-electron chi connectivity index (χ3n) is 4.12. The number of carbonyl (C=O) groups is 1. The first kappa shape index (κ1) is 18.6. The zero-order valence-electron chi connectivity index (χ0n) is 15.7. The summed E-state index contributed by atoms with van der Waals surface area (Å²) in [6, 6.07) is 15.5. The summed E-state index contributed by atoms with van der Waals surface area (Å²) < 4.78 is 11.0. The number of amides is 1. The number of carbonyl (C=O) groups excluding carboxylic acids is 1. The summed E-state index contributed by atoms with van der Waals surface area (Å²) in [5, 5.41) is 6.78. The SMILES string of the molecule is CCC(Oc1ccc(C)cc1)C(=O)NCc1nc(-c2cccc(C)c2)no1. The number of aryl methyl sites for hydroxylation is 2. The van der Waals surface area contributed by atoms with Gasteiger partial charge in [0.05, 0.1) is 6.54 Å². The monoisotopic (exact) mass is 365 g/mol. The highest BCUT2D eigenvalue weighted by Gasteiger charge is 2.19. The van der Waals surface area contributed by atoms with Crippen molar-refractivity contribution in [3.63, 3.8) is 0 Å². The van der Waals surface area contributed by atoms with Crippen LogP contribution in [-0.4, -0.2) is 22.2 Å². The lowest BCUT2D eigenvalue weighted by Crippen LogP contribution is -2.37. The maximum Gasteiger partial charge on any atom is 0.261 e. The molecule has 6 heteroatoms. The van der Waals surface area contributed by atoms with Crippen molar-refractivity contribution in [1.82, 2.24) is 15.5 Å². The van der Waals surface area contributed by atoms with Gasteiger partial charge in [-0.1, -0.05) is 53.5 Å². The quantitative estimate of drug-likeness (QED) is 0.688. The second-order valence-electron chi connectivity index (χ2n) is 6.43. The van der Waals surface area contributed by atoms with E-state index in [1.807, 2.05) is 69.3 Å². The van der Waals surface area contributed by atoms with Gasteiger partial charge in [0.25, 0.3) is 5.91 Å². The maximum absolute atomic E-state index is 12.4. The van der Waals surface area contributed by atoms with E-state index in [2.05, 4.69) is 15.5 Å². The third-order valence-corrected chi connectivity index (χ3v) is 4.12. The van der Waals surface area contributed by atoms with E-state index in [0.717, 1.165) is 16.7 Å². The lowest BCUT2D eigenvalue weighted by Gasteiger charge is -2.16. The minimum atomic E-state index is -0.577. The summed E-state index contributed by atoms with van der Waals surface area (Å²) >= 11 is 0. The number of rotatable bonds is 7. The normalized spacial score (nSPS) is 11.8. The van der Waals surface area contributed by atoms with E-state index in [4.69, 9.17) is 9.26 Å². The van der Waals surface area contributed by atoms with E-state index in [9.17, 15) is 4.79 Å². The van der Waals surface area contributed by atoms with E-state index in [1.54, 1.807) is 0 Å². The van der Waals surface area contributed by atoms with Crippen LogP contribution in [0.25, 0.3) is 11.4 Å². The van der Waals surface area contributed by atoms with Gasteiger partial charge in [-0.3, -0.25) is 4.79 Å². The molecule has 0 aliphatic rings. The fraction of sp³-hybridized carbons (Fsp3) is 0.286. The first-order valence-electron chi connectivity index (χ1n) is 8.96. The molecule has 0 aliphatic carbocycles. The van der Waals surface area contributed by atoms with E-state index in [-0.39, 0.29) is 12.5 Å². The van der Waals surface area contributed by atoms with E-state index >= 15 is 0 Å². The lowest BCUT2D eigenvalue weighted by atomic mass is 10.1. The van der Waals surface area contributed by atoms with Crippen LogP contribution in [0.15, 0.2) is 53.1 Å². The van der Waals surface area contributed by atoms with Crippen LogP contribution in [0, 0.1) is 13.8 Å². The predicted molar refractivity (Wildman–Crippen MR) is 102 cm³/mol. The standard InChI is InChI=1S/C21H23N3O3/c1-4-18(26-17-10-8-14(2)9-11-17)21(25)22-13-19-23-20(24-27-19)16-7-5-6-15(3)12-16/h5-12,18H,4,13H2,1-3H3,(H,22,25). The summed E-state index contributed by atoms with van der Waals surface area (Å²) in [6.45, 7) is 6.07. The Kier molecular flexibility index (Phi) is 5.86. The molecule has 3 aromatic rings. The van der Waals surface area contributed by atoms with Crippen molar-refractivity contribution >= 4 is 5.91 Å². The Morgan fingerprint density at radius 3 is 2.63 bits per heavy atom. The second-order valence-corrected chi connectivity index (χ2v) is 6.43. The number of hydrogen-bond acceptors (Lipinski definition) is 5. The van der Waals surface area contributed by atoms with Gasteiger partial charge in [0.15, 0.2) is 6.10 Å². The van der Waals surface area contributed by atoms with Crippen molar-refractivity contribution < 1.29 is 14.1 Å². The highest BCUT2D eigenvalue weighted by Crippen LogP contribution is 2.17. The van der Waals surface area contributed by atoms with Crippen molar-refractivity contribution in [2.45, 2.75) is 39.8 Å². The molecule has 1 atom stereocenters. The molecular weight excluding hydrogens is 342 g/mol. The van der Waals surface area contributed by atoms with Crippen LogP contribution in [0.1, 0.15) is 30.4 Å². The minimum absolute atomic E-state index is 0.158. The molecule has 0 bridgehead atoms. The number of ether oxygens (including phenoxy) is 1. The molecule has 0 saturated heterocycles. The van der Waals surface area contributed by atoms with Crippen molar-refractivity contribution in [2.75, 3.05) is 0 Å². The molecule has 3 rings (SSSR count). The third kappa shape index (κ3) is 4.94. The van der Waals surface area contributed by atoms with Crippen molar-refractivity contribution in [1.29, 1.82) is 0 Å². The highest BCUT2D eigenvalue weighted by atomic mass is 16.5. The van der Waals surface area contributed by atoms with E-state index < -0.39 is 6.10 Å². The Morgan fingerprint density at radius 1 is 1.15 bits per heavy atom. The molecule has 0 fully saturated rings. The van der Waals surface area contributed by atoms with E-state index in [0.29, 0.717) is 23.9 Å². The molecule has 1 aromatic heterocycles. The van der Waals surface area contributed by atoms with Gasteiger partial charge in [0, 0.05) is 5.56 Å². The van der Waals surface area contributed by atoms with Gasteiger partial charge in [-0.2, -0.15) is 4.98 Å². The molecule has 6 nitrogen and oxygen atoms in total. The first-order valence-corrected chi connectivity index (χ1v) is 8.96. The van der Waals surface area contributed by atoms with Crippen LogP contribution in [0.3, 0.4) is 0 Å². The number of nitrogens with one attached hydrogen (secondary N) is 1. The lowest BCUT2D eigenvalue weighted by molar-refractivity contribution is -0.128. The number of nitrogens with zero attached hydrogens (tertiary/aromatic N) is 2. The fourth-order valence-corrected chi connectivity index (χ4v) is 2.61. The predicted octanol–water partition coefficient (Wildman–Crippen LogP) is 3.83. The summed E-state index contributed by atoms with van der Waals surface area (Å²) in [5.74, 6) is 1.31. The van der Waals surface area contributed by atoms with Crippen LogP contribution in [0.5, 0.6) is 5.75 Å². The Labute approximate surface area is 158 Å². The molecule has 0 spiro atoms. The Balaban J connectivity index is 1.58. The molecule has 1 unspecified atom stereocenters. The molecule has 0 radical (unpaired) electrons. The van der Waals surface area contributed by atoms with Gasteiger partial charge in [0.2, 0.25) is 11.7 Å². The van der Waals surface area contributed by atoms with Gasteiger partial charge in [-0.25, -0.2) is 0 Å². The van der Waals surface area contributed by atoms with Crippen LogP contribution < -0.4 is 10.1 Å². The number of aromatic nitrogens is 2. The van der Waals surface area contributed by atoms with Crippen LogP contribution in [-0.2, 0) is 11.3 Å². The summed E-state index contributed by atoms with van der Waals surface area (Å²) in [5.41, 5.74) is 3.14. The molecule has 0 saturated carbocycles. The molecule has 27 heavy (non-hydrogen) atoms. The van der Waals surface area contributed by atoms with E-state index in [1.165, 1.54) is 0 Å².